The quantitative estimate of drug-likeness (QED) is 0.701. The van der Waals surface area contributed by atoms with Crippen LogP contribution >= 0.6 is 0 Å². The van der Waals surface area contributed by atoms with Crippen LogP contribution in [0, 0.1) is 0 Å². The van der Waals surface area contributed by atoms with Crippen molar-refractivity contribution < 1.29 is 18.0 Å². The minimum atomic E-state index is -2.97. The number of rotatable bonds is 4. The maximum atomic E-state index is 11.6. The van der Waals surface area contributed by atoms with Crippen molar-refractivity contribution in [2.24, 2.45) is 0 Å². The van der Waals surface area contributed by atoms with Crippen molar-refractivity contribution in [3.05, 3.63) is 0 Å². The Bertz CT molecular complexity index is 388. The van der Waals surface area contributed by atoms with Crippen LogP contribution in [0.4, 0.5) is 0 Å². The van der Waals surface area contributed by atoms with Crippen LogP contribution in [0.1, 0.15) is 26.2 Å². The molecule has 1 atom stereocenters. The van der Waals surface area contributed by atoms with Crippen molar-refractivity contribution in [2.45, 2.75) is 32.2 Å². The SMILES string of the molecule is CC(=O)CCC(=O)N(C)C1CCS(=O)(=O)C1. The van der Waals surface area contributed by atoms with Gasteiger partial charge in [0.1, 0.15) is 5.78 Å². The average Bonchev–Trinajstić information content (AvgIpc) is 2.54. The Labute approximate surface area is 95.7 Å². The molecular formula is C10H17NO4S. The lowest BCUT2D eigenvalue weighted by atomic mass is 10.2. The van der Waals surface area contributed by atoms with Crippen LogP contribution in [0.3, 0.4) is 0 Å². The van der Waals surface area contributed by atoms with Gasteiger partial charge in [-0.3, -0.25) is 4.79 Å². The van der Waals surface area contributed by atoms with E-state index in [0.717, 1.165) is 0 Å². The molecule has 0 bridgehead atoms. The first kappa shape index (κ1) is 13.2. The Hall–Kier alpha value is -0.910. The van der Waals surface area contributed by atoms with Crippen molar-refractivity contribution in [3.63, 3.8) is 0 Å². The van der Waals surface area contributed by atoms with E-state index in [0.29, 0.717) is 6.42 Å². The summed E-state index contributed by atoms with van der Waals surface area (Å²) in [5.41, 5.74) is 0. The van der Waals surface area contributed by atoms with E-state index in [-0.39, 0.29) is 42.1 Å². The van der Waals surface area contributed by atoms with Crippen molar-refractivity contribution in [1.82, 2.24) is 4.90 Å². The summed E-state index contributed by atoms with van der Waals surface area (Å²) in [6.45, 7) is 1.44. The number of sulfone groups is 1. The maximum absolute atomic E-state index is 11.6. The Kier molecular flexibility index (Phi) is 4.07. The lowest BCUT2D eigenvalue weighted by Crippen LogP contribution is -2.37. The number of carbonyl (C=O) groups is 2. The van der Waals surface area contributed by atoms with Gasteiger partial charge in [0, 0.05) is 25.9 Å². The van der Waals surface area contributed by atoms with Crippen LogP contribution < -0.4 is 0 Å². The molecule has 1 aliphatic rings. The summed E-state index contributed by atoms with van der Waals surface area (Å²) in [5, 5.41) is 0. The first-order valence-electron chi connectivity index (χ1n) is 5.27. The third-order valence-corrected chi connectivity index (χ3v) is 4.59. The van der Waals surface area contributed by atoms with Crippen LogP contribution in [0.25, 0.3) is 0 Å². The van der Waals surface area contributed by atoms with Gasteiger partial charge in [0.25, 0.3) is 0 Å². The Morgan fingerprint density at radius 3 is 2.38 bits per heavy atom. The smallest absolute Gasteiger partial charge is 0.223 e. The van der Waals surface area contributed by atoms with Crippen molar-refractivity contribution >= 4 is 21.5 Å². The topological polar surface area (TPSA) is 71.5 Å². The standard InChI is InChI=1S/C10H17NO4S/c1-8(12)3-4-10(13)11(2)9-5-6-16(14,15)7-9/h9H,3-7H2,1-2H3. The highest BCUT2D eigenvalue weighted by atomic mass is 32.2. The first-order chi connectivity index (χ1) is 7.32. The summed E-state index contributed by atoms with van der Waals surface area (Å²) in [6, 6.07) is -0.218. The van der Waals surface area contributed by atoms with E-state index in [9.17, 15) is 18.0 Å². The number of ketones is 1. The van der Waals surface area contributed by atoms with Gasteiger partial charge >= 0.3 is 0 Å². The molecule has 16 heavy (non-hydrogen) atoms. The van der Waals surface area contributed by atoms with Crippen LogP contribution in [0.15, 0.2) is 0 Å². The minimum Gasteiger partial charge on any atom is -0.342 e. The molecule has 1 rings (SSSR count). The second-order valence-electron chi connectivity index (χ2n) is 4.26. The van der Waals surface area contributed by atoms with Gasteiger partial charge in [-0.05, 0) is 13.3 Å². The molecule has 0 radical (unpaired) electrons. The maximum Gasteiger partial charge on any atom is 0.223 e. The molecule has 0 aromatic rings. The van der Waals surface area contributed by atoms with E-state index >= 15 is 0 Å². The summed E-state index contributed by atoms with van der Waals surface area (Å²) in [4.78, 5) is 23.8. The zero-order valence-electron chi connectivity index (χ0n) is 9.60. The fourth-order valence-corrected chi connectivity index (χ4v) is 3.52. The van der Waals surface area contributed by atoms with Gasteiger partial charge in [-0.1, -0.05) is 0 Å². The number of hydrogen-bond acceptors (Lipinski definition) is 4. The number of carbonyl (C=O) groups excluding carboxylic acids is 2. The predicted octanol–water partition coefficient (Wildman–Crippen LogP) is 0.00110. The summed E-state index contributed by atoms with van der Waals surface area (Å²) < 4.78 is 22.5. The Balaban J connectivity index is 2.49. The molecule has 1 heterocycles. The fourth-order valence-electron chi connectivity index (χ4n) is 1.74. The summed E-state index contributed by atoms with van der Waals surface area (Å²) in [5.74, 6) is 0.0233. The molecule has 1 aliphatic heterocycles. The minimum absolute atomic E-state index is 0.0270. The first-order valence-corrected chi connectivity index (χ1v) is 7.09. The largest absolute Gasteiger partial charge is 0.342 e. The highest BCUT2D eigenvalue weighted by molar-refractivity contribution is 7.91. The Morgan fingerprint density at radius 2 is 1.94 bits per heavy atom. The molecule has 0 aromatic heterocycles. The molecule has 0 aromatic carbocycles. The second kappa shape index (κ2) is 4.95. The molecule has 0 saturated carbocycles. The summed E-state index contributed by atoms with van der Waals surface area (Å²) in [6.07, 6.45) is 0.898. The second-order valence-corrected chi connectivity index (χ2v) is 6.49. The van der Waals surface area contributed by atoms with Crippen LogP contribution in [0.5, 0.6) is 0 Å². The molecule has 6 heteroatoms. The zero-order chi connectivity index (χ0) is 12.3. The predicted molar refractivity (Wildman–Crippen MR) is 59.7 cm³/mol. The van der Waals surface area contributed by atoms with Crippen molar-refractivity contribution in [1.29, 1.82) is 0 Å². The lowest BCUT2D eigenvalue weighted by molar-refractivity contribution is -0.133. The molecule has 1 saturated heterocycles. The molecule has 5 nitrogen and oxygen atoms in total. The number of Topliss-reactive ketones (excluding diaryl/α,β-unsaturated/α-hetero) is 1. The van der Waals surface area contributed by atoms with Gasteiger partial charge in [0.05, 0.1) is 11.5 Å². The number of amides is 1. The average molecular weight is 247 g/mol. The van der Waals surface area contributed by atoms with Crippen molar-refractivity contribution in [3.8, 4) is 0 Å². The molecule has 0 aliphatic carbocycles. The highest BCUT2D eigenvalue weighted by Crippen LogP contribution is 2.17. The van der Waals surface area contributed by atoms with Gasteiger partial charge in [-0.15, -0.1) is 0 Å². The Morgan fingerprint density at radius 1 is 1.31 bits per heavy atom. The highest BCUT2D eigenvalue weighted by Gasteiger charge is 2.32. The third kappa shape index (κ3) is 3.59. The van der Waals surface area contributed by atoms with E-state index in [1.165, 1.54) is 11.8 Å². The molecule has 92 valence electrons. The molecule has 0 spiro atoms. The lowest BCUT2D eigenvalue weighted by Gasteiger charge is -2.23. The number of hydrogen-bond donors (Lipinski definition) is 0. The molecule has 1 amide bonds. The van der Waals surface area contributed by atoms with E-state index in [1.54, 1.807) is 7.05 Å². The molecular weight excluding hydrogens is 230 g/mol. The molecule has 1 unspecified atom stereocenters. The van der Waals surface area contributed by atoms with E-state index in [4.69, 9.17) is 0 Å². The van der Waals surface area contributed by atoms with Gasteiger partial charge in [0.15, 0.2) is 9.84 Å². The van der Waals surface area contributed by atoms with E-state index < -0.39 is 9.84 Å². The number of nitrogens with zero attached hydrogens (tertiary/aromatic N) is 1. The monoisotopic (exact) mass is 247 g/mol. The van der Waals surface area contributed by atoms with Crippen LogP contribution in [-0.2, 0) is 19.4 Å². The van der Waals surface area contributed by atoms with Gasteiger partial charge < -0.3 is 9.69 Å². The van der Waals surface area contributed by atoms with Gasteiger partial charge in [-0.25, -0.2) is 8.42 Å². The van der Waals surface area contributed by atoms with E-state index in [1.807, 2.05) is 0 Å². The van der Waals surface area contributed by atoms with Crippen LogP contribution in [0.2, 0.25) is 0 Å². The van der Waals surface area contributed by atoms with Gasteiger partial charge in [-0.2, -0.15) is 0 Å². The zero-order valence-corrected chi connectivity index (χ0v) is 10.4. The summed E-state index contributed by atoms with van der Waals surface area (Å²) in [7, 11) is -1.36. The van der Waals surface area contributed by atoms with Crippen molar-refractivity contribution in [2.75, 3.05) is 18.6 Å². The normalized spacial score (nSPS) is 23.0. The molecule has 1 fully saturated rings. The summed E-state index contributed by atoms with van der Waals surface area (Å²) >= 11 is 0. The van der Waals surface area contributed by atoms with Gasteiger partial charge in [0.2, 0.25) is 5.91 Å². The van der Waals surface area contributed by atoms with E-state index in [2.05, 4.69) is 0 Å². The fraction of sp³-hybridized carbons (Fsp3) is 0.800. The third-order valence-electron chi connectivity index (χ3n) is 2.84. The van der Waals surface area contributed by atoms with Crippen LogP contribution in [-0.4, -0.2) is 49.6 Å². The molecule has 0 N–H and O–H groups in total.